The first-order chi connectivity index (χ1) is 8.61. The van der Waals surface area contributed by atoms with Crippen LogP contribution in [0.3, 0.4) is 0 Å². The number of hydrogen-bond donors (Lipinski definition) is 1. The van der Waals surface area contributed by atoms with Crippen LogP contribution in [-0.4, -0.2) is 48.4 Å². The average molecular weight is 251 g/mol. The van der Waals surface area contributed by atoms with Gasteiger partial charge >= 0.3 is 0 Å². The van der Waals surface area contributed by atoms with Gasteiger partial charge in [0, 0.05) is 25.3 Å². The summed E-state index contributed by atoms with van der Waals surface area (Å²) in [4.78, 5) is 16.4. The summed E-state index contributed by atoms with van der Waals surface area (Å²) in [6.45, 7) is 4.43. The van der Waals surface area contributed by atoms with E-state index >= 15 is 0 Å². The molecule has 1 aliphatic carbocycles. The Labute approximate surface area is 110 Å². The van der Waals surface area contributed by atoms with Crippen LogP contribution in [0.1, 0.15) is 32.6 Å². The van der Waals surface area contributed by atoms with Gasteiger partial charge in [-0.2, -0.15) is 0 Å². The van der Waals surface area contributed by atoms with E-state index in [0.29, 0.717) is 18.5 Å². The van der Waals surface area contributed by atoms with Gasteiger partial charge in [0.05, 0.1) is 6.54 Å². The van der Waals surface area contributed by atoms with E-state index in [-0.39, 0.29) is 5.91 Å². The van der Waals surface area contributed by atoms with E-state index < -0.39 is 0 Å². The van der Waals surface area contributed by atoms with Gasteiger partial charge in [0.1, 0.15) is 0 Å². The molecule has 18 heavy (non-hydrogen) atoms. The zero-order valence-electron chi connectivity index (χ0n) is 11.6. The number of nitrogens with zero attached hydrogens (tertiary/aromatic N) is 2. The normalized spacial score (nSPS) is 28.5. The van der Waals surface area contributed by atoms with Crippen molar-refractivity contribution in [2.24, 2.45) is 11.7 Å². The highest BCUT2D eigenvalue weighted by atomic mass is 16.2. The maximum absolute atomic E-state index is 12.2. The number of nitrogens with two attached hydrogens (primary N) is 1. The molecule has 1 heterocycles. The lowest BCUT2D eigenvalue weighted by Gasteiger charge is -2.25. The summed E-state index contributed by atoms with van der Waals surface area (Å²) in [7, 11) is 1.90. The highest BCUT2D eigenvalue weighted by Crippen LogP contribution is 2.23. The Bertz CT molecular complexity index is 340. The van der Waals surface area contributed by atoms with E-state index in [1.165, 1.54) is 12.1 Å². The van der Waals surface area contributed by atoms with Gasteiger partial charge in [-0.3, -0.25) is 9.69 Å². The summed E-state index contributed by atoms with van der Waals surface area (Å²) in [6.07, 6.45) is 6.65. The molecule has 0 bridgehead atoms. The molecular weight excluding hydrogens is 226 g/mol. The topological polar surface area (TPSA) is 49.6 Å². The molecule has 4 heteroatoms. The van der Waals surface area contributed by atoms with E-state index in [1.54, 1.807) is 0 Å². The largest absolute Gasteiger partial charge is 0.330 e. The van der Waals surface area contributed by atoms with Crippen molar-refractivity contribution in [1.29, 1.82) is 0 Å². The van der Waals surface area contributed by atoms with Crippen LogP contribution >= 0.6 is 0 Å². The van der Waals surface area contributed by atoms with Crippen LogP contribution in [-0.2, 0) is 4.79 Å². The number of amides is 1. The summed E-state index contributed by atoms with van der Waals surface area (Å²) in [5, 5.41) is 0. The predicted octanol–water partition coefficient (Wildman–Crippen LogP) is 1.18. The van der Waals surface area contributed by atoms with Crippen molar-refractivity contribution in [1.82, 2.24) is 9.80 Å². The van der Waals surface area contributed by atoms with Crippen LogP contribution in [0.5, 0.6) is 0 Å². The quantitative estimate of drug-likeness (QED) is 0.816. The number of carbonyl (C=O) groups excluding carboxylic acids is 1. The fourth-order valence-electron chi connectivity index (χ4n) is 3.01. The summed E-state index contributed by atoms with van der Waals surface area (Å²) >= 11 is 0. The Morgan fingerprint density at radius 1 is 1.61 bits per heavy atom. The minimum Gasteiger partial charge on any atom is -0.330 e. The lowest BCUT2D eigenvalue weighted by molar-refractivity contribution is -0.129. The number of likely N-dealkylation sites (tertiary alicyclic amines) is 1. The highest BCUT2D eigenvalue weighted by Gasteiger charge is 2.30. The smallest absolute Gasteiger partial charge is 0.240 e. The molecule has 1 aliphatic heterocycles. The molecule has 4 nitrogen and oxygen atoms in total. The van der Waals surface area contributed by atoms with Crippen molar-refractivity contribution in [3.63, 3.8) is 0 Å². The molecule has 2 unspecified atom stereocenters. The first kappa shape index (κ1) is 13.6. The molecule has 0 saturated carbocycles. The van der Waals surface area contributed by atoms with Crippen molar-refractivity contribution in [2.75, 3.05) is 26.7 Å². The molecule has 1 saturated heterocycles. The standard InChI is InChI=1S/C14H25N3O/c1-11-7-12(8-15)9-17(11)10-14(18)16(2)13-5-3-4-6-13/h5,11-12H,3-4,6-10,15H2,1-2H3. The summed E-state index contributed by atoms with van der Waals surface area (Å²) in [5.41, 5.74) is 6.91. The van der Waals surface area contributed by atoms with Gasteiger partial charge in [0.25, 0.3) is 0 Å². The lowest BCUT2D eigenvalue weighted by atomic mass is 10.1. The van der Waals surface area contributed by atoms with E-state index in [4.69, 9.17) is 5.73 Å². The zero-order chi connectivity index (χ0) is 13.1. The van der Waals surface area contributed by atoms with E-state index in [9.17, 15) is 4.79 Å². The Kier molecular flexibility index (Phi) is 4.40. The monoisotopic (exact) mass is 251 g/mol. The minimum atomic E-state index is 0.215. The molecule has 0 aromatic rings. The van der Waals surface area contributed by atoms with E-state index in [1.807, 2.05) is 11.9 Å². The fraction of sp³-hybridized carbons (Fsp3) is 0.786. The molecule has 0 spiro atoms. The van der Waals surface area contributed by atoms with Crippen LogP contribution in [0.15, 0.2) is 11.8 Å². The van der Waals surface area contributed by atoms with Crippen LogP contribution in [0.2, 0.25) is 0 Å². The average Bonchev–Trinajstić information content (AvgIpc) is 2.98. The Morgan fingerprint density at radius 3 is 2.94 bits per heavy atom. The first-order valence-electron chi connectivity index (χ1n) is 7.01. The number of allylic oxidation sites excluding steroid dienone is 2. The Balaban J connectivity index is 1.87. The molecule has 0 aromatic carbocycles. The molecule has 1 amide bonds. The van der Waals surface area contributed by atoms with Gasteiger partial charge < -0.3 is 10.6 Å². The molecular formula is C14H25N3O. The summed E-state index contributed by atoms with van der Waals surface area (Å²) < 4.78 is 0. The van der Waals surface area contributed by atoms with Gasteiger partial charge in [0.15, 0.2) is 0 Å². The third kappa shape index (κ3) is 2.93. The highest BCUT2D eigenvalue weighted by molar-refractivity contribution is 5.79. The maximum Gasteiger partial charge on any atom is 0.240 e. The Hall–Kier alpha value is -0.870. The second-order valence-corrected chi connectivity index (χ2v) is 5.66. The molecule has 2 rings (SSSR count). The third-order valence-corrected chi connectivity index (χ3v) is 4.28. The summed E-state index contributed by atoms with van der Waals surface area (Å²) in [6, 6.07) is 0.480. The number of carbonyl (C=O) groups is 1. The summed E-state index contributed by atoms with van der Waals surface area (Å²) in [5.74, 6) is 0.775. The van der Waals surface area contributed by atoms with Crippen LogP contribution in [0.25, 0.3) is 0 Å². The van der Waals surface area contributed by atoms with Gasteiger partial charge in [0.2, 0.25) is 5.91 Å². The third-order valence-electron chi connectivity index (χ3n) is 4.28. The number of rotatable bonds is 4. The molecule has 1 fully saturated rings. The van der Waals surface area contributed by atoms with Crippen LogP contribution in [0.4, 0.5) is 0 Å². The van der Waals surface area contributed by atoms with Crippen LogP contribution < -0.4 is 5.73 Å². The molecule has 0 radical (unpaired) electrons. The van der Waals surface area contributed by atoms with Crippen molar-refractivity contribution in [3.8, 4) is 0 Å². The lowest BCUT2D eigenvalue weighted by Crippen LogP contribution is -2.39. The van der Waals surface area contributed by atoms with E-state index in [2.05, 4.69) is 17.9 Å². The molecule has 2 aliphatic rings. The predicted molar refractivity (Wildman–Crippen MR) is 72.9 cm³/mol. The van der Waals surface area contributed by atoms with Crippen molar-refractivity contribution in [2.45, 2.75) is 38.6 Å². The molecule has 2 N–H and O–H groups in total. The van der Waals surface area contributed by atoms with Gasteiger partial charge in [-0.1, -0.05) is 6.08 Å². The van der Waals surface area contributed by atoms with Gasteiger partial charge in [-0.15, -0.1) is 0 Å². The fourth-order valence-corrected chi connectivity index (χ4v) is 3.01. The van der Waals surface area contributed by atoms with E-state index in [0.717, 1.165) is 32.4 Å². The first-order valence-corrected chi connectivity index (χ1v) is 7.01. The van der Waals surface area contributed by atoms with Gasteiger partial charge in [-0.05, 0) is 45.1 Å². The molecule has 102 valence electrons. The molecule has 2 atom stereocenters. The van der Waals surface area contributed by atoms with Crippen LogP contribution in [0, 0.1) is 5.92 Å². The Morgan fingerprint density at radius 2 is 2.39 bits per heavy atom. The molecule has 0 aromatic heterocycles. The van der Waals surface area contributed by atoms with Crippen molar-refractivity contribution in [3.05, 3.63) is 11.8 Å². The second kappa shape index (κ2) is 5.85. The van der Waals surface area contributed by atoms with Gasteiger partial charge in [-0.25, -0.2) is 0 Å². The number of likely N-dealkylation sites (N-methyl/N-ethyl adjacent to an activating group) is 1. The number of hydrogen-bond acceptors (Lipinski definition) is 3. The second-order valence-electron chi connectivity index (χ2n) is 5.66. The SMILES string of the molecule is CC1CC(CN)CN1CC(=O)N(C)C1=CCCC1. The minimum absolute atomic E-state index is 0.215. The zero-order valence-corrected chi connectivity index (χ0v) is 11.6. The van der Waals surface area contributed by atoms with Crippen molar-refractivity contribution < 1.29 is 4.79 Å². The van der Waals surface area contributed by atoms with Crippen molar-refractivity contribution >= 4 is 5.91 Å². The maximum atomic E-state index is 12.2.